The van der Waals surface area contributed by atoms with Gasteiger partial charge in [0.1, 0.15) is 0 Å². The summed E-state index contributed by atoms with van der Waals surface area (Å²) < 4.78 is 5.47. The lowest BCUT2D eigenvalue weighted by Crippen LogP contribution is -2.40. The van der Waals surface area contributed by atoms with Crippen LogP contribution in [0.1, 0.15) is 43.9 Å². The van der Waals surface area contributed by atoms with Crippen LogP contribution in [-0.4, -0.2) is 54.3 Å². The Morgan fingerprint density at radius 3 is 2.47 bits per heavy atom. The van der Waals surface area contributed by atoms with E-state index in [-0.39, 0.29) is 5.41 Å². The Morgan fingerprint density at radius 1 is 1.12 bits per heavy atom. The van der Waals surface area contributed by atoms with Crippen molar-refractivity contribution in [2.45, 2.75) is 46.1 Å². The minimum atomic E-state index is 0.148. The summed E-state index contributed by atoms with van der Waals surface area (Å²) in [7, 11) is 0. The largest absolute Gasteiger partial charge is 0.379 e. The number of benzene rings is 2. The number of rotatable bonds is 7. The van der Waals surface area contributed by atoms with Crippen molar-refractivity contribution in [2.24, 2.45) is 0 Å². The maximum absolute atomic E-state index is 6.41. The van der Waals surface area contributed by atoms with Crippen molar-refractivity contribution in [3.05, 3.63) is 64.2 Å². The fourth-order valence-corrected chi connectivity index (χ4v) is 4.25. The highest BCUT2D eigenvalue weighted by Gasteiger charge is 2.16. The van der Waals surface area contributed by atoms with E-state index in [2.05, 4.69) is 67.1 Å². The Balaban J connectivity index is 1.69. The number of nitrogens with zero attached hydrogens (tertiary/aromatic N) is 2. The molecule has 0 unspecified atom stereocenters. The normalized spacial score (nSPS) is 14.9. The highest BCUT2D eigenvalue weighted by molar-refractivity contribution is 7.80. The average molecular weight is 474 g/mol. The zero-order chi connectivity index (χ0) is 23.1. The van der Waals surface area contributed by atoms with Gasteiger partial charge in [-0.1, -0.05) is 62.7 Å². The summed E-state index contributed by atoms with van der Waals surface area (Å²) >= 11 is 12.2. The van der Waals surface area contributed by atoms with Gasteiger partial charge >= 0.3 is 0 Å². The van der Waals surface area contributed by atoms with Gasteiger partial charge in [0.05, 0.1) is 23.9 Å². The number of ether oxygens (including phenoxy) is 1. The molecule has 0 aliphatic carbocycles. The third-order valence-electron chi connectivity index (χ3n) is 5.85. The average Bonchev–Trinajstić information content (AvgIpc) is 2.76. The molecule has 0 saturated carbocycles. The first-order valence-corrected chi connectivity index (χ1v) is 12.2. The van der Waals surface area contributed by atoms with E-state index in [4.69, 9.17) is 28.6 Å². The lowest BCUT2D eigenvalue weighted by atomic mass is 9.87. The predicted octanol–water partition coefficient (Wildman–Crippen LogP) is 5.87. The summed E-state index contributed by atoms with van der Waals surface area (Å²) in [6.07, 6.45) is 1.05. The first kappa shape index (κ1) is 25.0. The van der Waals surface area contributed by atoms with Crippen molar-refractivity contribution in [3.8, 4) is 0 Å². The second-order valence-corrected chi connectivity index (χ2v) is 10.4. The first-order chi connectivity index (χ1) is 15.2. The van der Waals surface area contributed by atoms with Crippen molar-refractivity contribution in [1.82, 2.24) is 9.80 Å². The summed E-state index contributed by atoms with van der Waals surface area (Å²) in [5.74, 6) is 0. The first-order valence-electron chi connectivity index (χ1n) is 11.4. The van der Waals surface area contributed by atoms with Crippen LogP contribution in [-0.2, 0) is 16.7 Å². The van der Waals surface area contributed by atoms with Crippen LogP contribution in [0.4, 0.5) is 5.69 Å². The van der Waals surface area contributed by atoms with E-state index in [9.17, 15) is 0 Å². The molecule has 0 atom stereocenters. The summed E-state index contributed by atoms with van der Waals surface area (Å²) in [5, 5.41) is 4.78. The summed E-state index contributed by atoms with van der Waals surface area (Å²) in [6.45, 7) is 15.2. The molecular weight excluding hydrogens is 438 g/mol. The highest BCUT2D eigenvalue weighted by Crippen LogP contribution is 2.25. The van der Waals surface area contributed by atoms with Crippen LogP contribution in [0.5, 0.6) is 0 Å². The molecule has 2 aromatic carbocycles. The molecule has 3 rings (SSSR count). The molecule has 1 heterocycles. The Kier molecular flexibility index (Phi) is 8.95. The molecule has 1 fully saturated rings. The quantitative estimate of drug-likeness (QED) is 0.508. The van der Waals surface area contributed by atoms with E-state index in [0.29, 0.717) is 10.1 Å². The molecule has 6 heteroatoms. The highest BCUT2D eigenvalue weighted by atomic mass is 35.5. The van der Waals surface area contributed by atoms with Crippen LogP contribution in [0.3, 0.4) is 0 Å². The van der Waals surface area contributed by atoms with Crippen molar-refractivity contribution >= 4 is 34.6 Å². The van der Waals surface area contributed by atoms with Crippen molar-refractivity contribution in [3.63, 3.8) is 0 Å². The molecule has 0 spiro atoms. The second kappa shape index (κ2) is 11.5. The standard InChI is InChI=1S/C26H36ClN3OS/c1-20-6-11-23(27)24(18-20)28-25(32)30(13-5-12-29-14-16-31-17-15-29)19-21-7-9-22(10-8-21)26(2,3)4/h6-11,18H,5,12-17,19H2,1-4H3,(H,28,32). The summed E-state index contributed by atoms with van der Waals surface area (Å²) in [5.41, 5.74) is 4.75. The number of hydrogen-bond donors (Lipinski definition) is 1. The number of aryl methyl sites for hydroxylation is 1. The maximum Gasteiger partial charge on any atom is 0.173 e. The molecule has 174 valence electrons. The van der Waals surface area contributed by atoms with E-state index in [1.165, 1.54) is 11.1 Å². The number of anilines is 1. The molecule has 0 radical (unpaired) electrons. The molecule has 0 amide bonds. The van der Waals surface area contributed by atoms with E-state index >= 15 is 0 Å². The zero-order valence-corrected chi connectivity index (χ0v) is 21.4. The second-order valence-electron chi connectivity index (χ2n) is 9.59. The molecule has 2 aromatic rings. The minimum Gasteiger partial charge on any atom is -0.379 e. The number of nitrogens with one attached hydrogen (secondary N) is 1. The SMILES string of the molecule is Cc1ccc(Cl)c(NC(=S)N(CCCN2CCOCC2)Cc2ccc(C(C)(C)C)cc2)c1. The van der Waals surface area contributed by atoms with Gasteiger partial charge in [0, 0.05) is 32.7 Å². The van der Waals surface area contributed by atoms with Gasteiger partial charge in [0.25, 0.3) is 0 Å². The van der Waals surface area contributed by atoms with Gasteiger partial charge in [-0.25, -0.2) is 0 Å². The smallest absolute Gasteiger partial charge is 0.173 e. The Labute approximate surface area is 203 Å². The Morgan fingerprint density at radius 2 is 1.81 bits per heavy atom. The lowest BCUT2D eigenvalue weighted by Gasteiger charge is -2.30. The Bertz CT molecular complexity index is 889. The van der Waals surface area contributed by atoms with Crippen LogP contribution < -0.4 is 5.32 Å². The van der Waals surface area contributed by atoms with E-state index < -0.39 is 0 Å². The number of hydrogen-bond acceptors (Lipinski definition) is 3. The van der Waals surface area contributed by atoms with Gasteiger partial charge in [-0.3, -0.25) is 4.90 Å². The minimum absolute atomic E-state index is 0.148. The topological polar surface area (TPSA) is 27.7 Å². The van der Waals surface area contributed by atoms with Crippen LogP contribution >= 0.6 is 23.8 Å². The van der Waals surface area contributed by atoms with Crippen LogP contribution in [0.2, 0.25) is 5.02 Å². The van der Waals surface area contributed by atoms with Crippen LogP contribution in [0.25, 0.3) is 0 Å². The predicted molar refractivity (Wildman–Crippen MR) is 140 cm³/mol. The number of morpholine rings is 1. The number of halogens is 1. The monoisotopic (exact) mass is 473 g/mol. The third kappa shape index (κ3) is 7.45. The lowest BCUT2D eigenvalue weighted by molar-refractivity contribution is 0.0368. The molecule has 0 aromatic heterocycles. The molecular formula is C26H36ClN3OS. The van der Waals surface area contributed by atoms with Gasteiger partial charge in [-0.2, -0.15) is 0 Å². The molecule has 1 saturated heterocycles. The zero-order valence-electron chi connectivity index (χ0n) is 19.8. The Hall–Kier alpha value is -1.66. The molecule has 1 aliphatic rings. The van der Waals surface area contributed by atoms with Gasteiger partial charge < -0.3 is 15.0 Å². The molecule has 4 nitrogen and oxygen atoms in total. The molecule has 0 bridgehead atoms. The van der Waals surface area contributed by atoms with Gasteiger partial charge in [0.2, 0.25) is 0 Å². The maximum atomic E-state index is 6.41. The molecule has 32 heavy (non-hydrogen) atoms. The fourth-order valence-electron chi connectivity index (χ4n) is 3.82. The van der Waals surface area contributed by atoms with E-state index in [1.807, 2.05) is 18.2 Å². The molecule has 1 N–H and O–H groups in total. The van der Waals surface area contributed by atoms with E-state index in [1.54, 1.807) is 0 Å². The third-order valence-corrected chi connectivity index (χ3v) is 6.54. The fraction of sp³-hybridized carbons (Fsp3) is 0.500. The summed E-state index contributed by atoms with van der Waals surface area (Å²) in [4.78, 5) is 4.72. The van der Waals surface area contributed by atoms with Gasteiger partial charge in [-0.15, -0.1) is 0 Å². The van der Waals surface area contributed by atoms with Gasteiger partial charge in [0.15, 0.2) is 5.11 Å². The summed E-state index contributed by atoms with van der Waals surface area (Å²) in [6, 6.07) is 14.9. The number of thiocarbonyl (C=S) groups is 1. The van der Waals surface area contributed by atoms with Crippen LogP contribution in [0.15, 0.2) is 42.5 Å². The van der Waals surface area contributed by atoms with Gasteiger partial charge in [-0.05, 0) is 59.8 Å². The van der Waals surface area contributed by atoms with E-state index in [0.717, 1.165) is 63.6 Å². The van der Waals surface area contributed by atoms with Crippen molar-refractivity contribution in [1.29, 1.82) is 0 Å². The van der Waals surface area contributed by atoms with Crippen molar-refractivity contribution < 1.29 is 4.74 Å². The van der Waals surface area contributed by atoms with Crippen LogP contribution in [0, 0.1) is 6.92 Å². The molecule has 1 aliphatic heterocycles. The van der Waals surface area contributed by atoms with Crippen molar-refractivity contribution in [2.75, 3.05) is 44.7 Å².